The molecule has 4 nitrogen and oxygen atoms in total. The Balaban J connectivity index is 2.22. The van der Waals surface area contributed by atoms with Gasteiger partial charge < -0.3 is 5.73 Å². The molecule has 0 saturated heterocycles. The van der Waals surface area contributed by atoms with E-state index in [2.05, 4.69) is 11.2 Å². The van der Waals surface area contributed by atoms with Gasteiger partial charge in [0, 0.05) is 19.2 Å². The van der Waals surface area contributed by atoms with Gasteiger partial charge in [-0.05, 0) is 12.8 Å². The highest BCUT2D eigenvalue weighted by molar-refractivity contribution is 6.32. The van der Waals surface area contributed by atoms with Crippen molar-refractivity contribution in [2.24, 2.45) is 0 Å². The molecule has 0 saturated carbocycles. The largest absolute Gasteiger partial charge is 0.381 e. The van der Waals surface area contributed by atoms with Gasteiger partial charge in [0.1, 0.15) is 5.02 Å². The molecule has 0 spiro atoms. The lowest BCUT2D eigenvalue weighted by atomic mass is 10.2. The summed E-state index contributed by atoms with van der Waals surface area (Å²) in [5.74, 6) is 0.378. The van der Waals surface area contributed by atoms with Gasteiger partial charge in [0.25, 0.3) is 0 Å². The zero-order valence-corrected chi connectivity index (χ0v) is 8.67. The van der Waals surface area contributed by atoms with E-state index in [1.54, 1.807) is 10.9 Å². The van der Waals surface area contributed by atoms with Gasteiger partial charge in [-0.25, -0.2) is 0 Å². The van der Waals surface area contributed by atoms with E-state index in [1.165, 1.54) is 0 Å². The minimum absolute atomic E-state index is 0.378. The molecule has 1 aromatic rings. The molecule has 0 aromatic carbocycles. The lowest BCUT2D eigenvalue weighted by molar-refractivity contribution is 0.548. The summed E-state index contributed by atoms with van der Waals surface area (Å²) in [6, 6.07) is 2.12. The van der Waals surface area contributed by atoms with E-state index in [9.17, 15) is 0 Å². The molecular formula is C9H13ClN4. The van der Waals surface area contributed by atoms with Crippen molar-refractivity contribution >= 4 is 17.4 Å². The number of nitrogen functional groups attached to an aromatic ring is 1. The van der Waals surface area contributed by atoms with Crippen LogP contribution in [0.25, 0.3) is 0 Å². The fourth-order valence-corrected chi connectivity index (χ4v) is 1.33. The van der Waals surface area contributed by atoms with Crippen molar-refractivity contribution in [2.45, 2.75) is 32.2 Å². The standard InChI is InChI=1S/C9H13ClN4/c10-8-7-14(13-9(8)12)6-4-2-1-3-5-11/h7H,1-4,6H2,(H2,12,13). The fraction of sp³-hybridized carbons (Fsp3) is 0.556. The molecule has 1 aromatic heterocycles. The first-order valence-electron chi connectivity index (χ1n) is 4.59. The Bertz CT molecular complexity index is 307. The van der Waals surface area contributed by atoms with Crippen molar-refractivity contribution in [3.05, 3.63) is 11.2 Å². The molecule has 0 amide bonds. The molecule has 0 atom stereocenters. The predicted octanol–water partition coefficient (Wildman–Crippen LogP) is 2.20. The van der Waals surface area contributed by atoms with E-state index in [0.29, 0.717) is 17.3 Å². The Kier molecular flexibility index (Phi) is 4.27. The number of aromatic nitrogens is 2. The number of halogens is 1. The first-order valence-corrected chi connectivity index (χ1v) is 4.97. The monoisotopic (exact) mass is 212 g/mol. The van der Waals surface area contributed by atoms with Gasteiger partial charge in [0.05, 0.1) is 6.07 Å². The van der Waals surface area contributed by atoms with E-state index in [4.69, 9.17) is 22.6 Å². The van der Waals surface area contributed by atoms with Crippen LogP contribution in [-0.2, 0) is 6.54 Å². The maximum atomic E-state index is 8.32. The van der Waals surface area contributed by atoms with Crippen LogP contribution in [0.1, 0.15) is 25.7 Å². The van der Waals surface area contributed by atoms with Gasteiger partial charge in [-0.2, -0.15) is 10.4 Å². The number of hydrogen-bond donors (Lipinski definition) is 1. The van der Waals surface area contributed by atoms with Crippen molar-refractivity contribution in [3.8, 4) is 6.07 Å². The molecule has 2 N–H and O–H groups in total. The summed E-state index contributed by atoms with van der Waals surface area (Å²) < 4.78 is 1.74. The summed E-state index contributed by atoms with van der Waals surface area (Å²) in [6.07, 6.45) is 5.33. The van der Waals surface area contributed by atoms with Crippen molar-refractivity contribution in [1.29, 1.82) is 5.26 Å². The Labute approximate surface area is 88.3 Å². The second kappa shape index (κ2) is 5.51. The van der Waals surface area contributed by atoms with Crippen molar-refractivity contribution in [3.63, 3.8) is 0 Å². The highest BCUT2D eigenvalue weighted by atomic mass is 35.5. The van der Waals surface area contributed by atoms with Crippen LogP contribution in [0.15, 0.2) is 6.20 Å². The zero-order chi connectivity index (χ0) is 10.4. The Morgan fingerprint density at radius 3 is 2.86 bits per heavy atom. The summed E-state index contributed by atoms with van der Waals surface area (Å²) in [4.78, 5) is 0. The van der Waals surface area contributed by atoms with Crippen LogP contribution in [0, 0.1) is 11.3 Å². The number of nitriles is 1. The second-order valence-corrected chi connectivity index (χ2v) is 3.50. The number of rotatable bonds is 5. The normalized spacial score (nSPS) is 10.0. The number of anilines is 1. The lowest BCUT2D eigenvalue weighted by Crippen LogP contribution is -1.99. The second-order valence-electron chi connectivity index (χ2n) is 3.09. The first kappa shape index (κ1) is 10.9. The third kappa shape index (κ3) is 3.27. The maximum absolute atomic E-state index is 8.32. The quantitative estimate of drug-likeness (QED) is 0.761. The third-order valence-corrected chi connectivity index (χ3v) is 2.21. The molecule has 1 heterocycles. The molecule has 0 fully saturated rings. The average molecular weight is 213 g/mol. The lowest BCUT2D eigenvalue weighted by Gasteiger charge is -1.99. The van der Waals surface area contributed by atoms with E-state index < -0.39 is 0 Å². The number of nitrogens with two attached hydrogens (primary N) is 1. The summed E-state index contributed by atoms with van der Waals surface area (Å²) in [7, 11) is 0. The van der Waals surface area contributed by atoms with Gasteiger partial charge in [0.2, 0.25) is 0 Å². The van der Waals surface area contributed by atoms with Crippen molar-refractivity contribution < 1.29 is 0 Å². The molecule has 1 rings (SSSR count). The minimum atomic E-state index is 0.378. The molecule has 0 aliphatic rings. The summed E-state index contributed by atoms with van der Waals surface area (Å²) in [5, 5.41) is 12.8. The van der Waals surface area contributed by atoms with Crippen molar-refractivity contribution in [2.75, 3.05) is 5.73 Å². The SMILES string of the molecule is N#CCCCCCn1cc(Cl)c(N)n1. The Morgan fingerprint density at radius 1 is 1.50 bits per heavy atom. The van der Waals surface area contributed by atoms with Gasteiger partial charge in [0.15, 0.2) is 5.82 Å². The molecular weight excluding hydrogens is 200 g/mol. The molecule has 76 valence electrons. The zero-order valence-electron chi connectivity index (χ0n) is 7.91. The third-order valence-electron chi connectivity index (χ3n) is 1.92. The van der Waals surface area contributed by atoms with Crippen LogP contribution in [0.3, 0.4) is 0 Å². The molecule has 14 heavy (non-hydrogen) atoms. The molecule has 0 radical (unpaired) electrons. The number of nitrogens with zero attached hydrogens (tertiary/aromatic N) is 3. The van der Waals surface area contributed by atoms with Crippen LogP contribution in [0.4, 0.5) is 5.82 Å². The number of aryl methyl sites for hydroxylation is 1. The van der Waals surface area contributed by atoms with E-state index >= 15 is 0 Å². The summed E-state index contributed by atoms with van der Waals surface area (Å²) in [6.45, 7) is 0.808. The van der Waals surface area contributed by atoms with Gasteiger partial charge in [-0.1, -0.05) is 18.0 Å². The number of hydrogen-bond acceptors (Lipinski definition) is 3. The van der Waals surface area contributed by atoms with Crippen LogP contribution >= 0.6 is 11.6 Å². The number of unbranched alkanes of at least 4 members (excludes halogenated alkanes) is 3. The van der Waals surface area contributed by atoms with Crippen LogP contribution in [0.2, 0.25) is 5.02 Å². The summed E-state index contributed by atoms with van der Waals surface area (Å²) in [5.41, 5.74) is 5.49. The minimum Gasteiger partial charge on any atom is -0.381 e. The Hall–Kier alpha value is -1.21. The first-order chi connectivity index (χ1) is 6.74. The van der Waals surface area contributed by atoms with Gasteiger partial charge in [-0.15, -0.1) is 0 Å². The van der Waals surface area contributed by atoms with Crippen LogP contribution in [0.5, 0.6) is 0 Å². The van der Waals surface area contributed by atoms with Gasteiger partial charge in [-0.3, -0.25) is 4.68 Å². The highest BCUT2D eigenvalue weighted by Crippen LogP contribution is 2.15. The molecule has 0 aliphatic heterocycles. The highest BCUT2D eigenvalue weighted by Gasteiger charge is 2.01. The maximum Gasteiger partial charge on any atom is 0.164 e. The van der Waals surface area contributed by atoms with Crippen LogP contribution in [-0.4, -0.2) is 9.78 Å². The predicted molar refractivity (Wildman–Crippen MR) is 55.7 cm³/mol. The molecule has 0 aliphatic carbocycles. The smallest absolute Gasteiger partial charge is 0.164 e. The summed E-state index contributed by atoms with van der Waals surface area (Å²) >= 11 is 5.74. The van der Waals surface area contributed by atoms with E-state index in [-0.39, 0.29) is 0 Å². The van der Waals surface area contributed by atoms with Crippen LogP contribution < -0.4 is 5.73 Å². The molecule has 0 unspecified atom stereocenters. The fourth-order valence-electron chi connectivity index (χ4n) is 1.18. The molecule has 5 heteroatoms. The topological polar surface area (TPSA) is 67.6 Å². The van der Waals surface area contributed by atoms with Gasteiger partial charge >= 0.3 is 0 Å². The van der Waals surface area contributed by atoms with E-state index in [1.807, 2.05) is 0 Å². The molecule has 0 bridgehead atoms. The van der Waals surface area contributed by atoms with Crippen molar-refractivity contribution in [1.82, 2.24) is 9.78 Å². The Morgan fingerprint density at radius 2 is 2.29 bits per heavy atom. The van der Waals surface area contributed by atoms with E-state index in [0.717, 1.165) is 25.8 Å². The average Bonchev–Trinajstić information content (AvgIpc) is 2.46.